The van der Waals surface area contributed by atoms with E-state index in [0.29, 0.717) is 18.3 Å². The molecule has 3 heteroatoms. The van der Waals surface area contributed by atoms with E-state index in [-0.39, 0.29) is 12.2 Å². The van der Waals surface area contributed by atoms with Crippen LogP contribution in [-0.4, -0.2) is 6.61 Å². The molecule has 2 aliphatic rings. The number of hydrogen-bond donors (Lipinski definition) is 0. The van der Waals surface area contributed by atoms with Crippen LogP contribution in [0.25, 0.3) is 0 Å². The molecule has 0 unspecified atom stereocenters. The molecule has 1 nitrogen and oxygen atoms in total. The van der Waals surface area contributed by atoms with Gasteiger partial charge >= 0.3 is 6.11 Å². The van der Waals surface area contributed by atoms with Crippen molar-refractivity contribution >= 4 is 0 Å². The molecule has 2 aromatic rings. The Morgan fingerprint density at radius 2 is 1.29 bits per heavy atom. The van der Waals surface area contributed by atoms with Crippen LogP contribution < -0.4 is 0 Å². The van der Waals surface area contributed by atoms with Gasteiger partial charge in [-0.25, -0.2) is 0 Å². The monoisotopic (exact) mass is 468 g/mol. The topological polar surface area (TPSA) is 9.23 Å². The summed E-state index contributed by atoms with van der Waals surface area (Å²) in [7, 11) is 0. The Kier molecular flexibility index (Phi) is 8.80. The van der Waals surface area contributed by atoms with Crippen LogP contribution in [0.4, 0.5) is 8.78 Å². The zero-order valence-corrected chi connectivity index (χ0v) is 21.1. The van der Waals surface area contributed by atoms with Crippen molar-refractivity contribution in [3.05, 3.63) is 70.8 Å². The van der Waals surface area contributed by atoms with E-state index in [1.807, 2.05) is 12.1 Å². The number of rotatable bonds is 9. The summed E-state index contributed by atoms with van der Waals surface area (Å²) < 4.78 is 34.4. The van der Waals surface area contributed by atoms with Gasteiger partial charge in [0.15, 0.2) is 0 Å². The zero-order chi connectivity index (χ0) is 24.0. The lowest BCUT2D eigenvalue weighted by Gasteiger charge is -2.29. The molecule has 0 N–H and O–H groups in total. The second kappa shape index (κ2) is 11.8. The second-order valence-electron chi connectivity index (χ2n) is 10.9. The summed E-state index contributed by atoms with van der Waals surface area (Å²) in [4.78, 5) is 0. The SMILES string of the molecule is CCCC1CCC(c2ccc(C(F)(F)OCCc3ccc(C4CCC(C)CC4)cc3)cc2)CC1. The van der Waals surface area contributed by atoms with Crippen LogP contribution in [0.15, 0.2) is 48.5 Å². The van der Waals surface area contributed by atoms with Crippen LogP contribution in [0.1, 0.15) is 112 Å². The van der Waals surface area contributed by atoms with Gasteiger partial charge in [0.25, 0.3) is 0 Å². The summed E-state index contributed by atoms with van der Waals surface area (Å²) in [5, 5.41) is 0. The molecule has 2 fully saturated rings. The molecule has 0 aromatic heterocycles. The first-order valence-corrected chi connectivity index (χ1v) is 13.7. The van der Waals surface area contributed by atoms with Gasteiger partial charge in [-0.15, -0.1) is 0 Å². The average Bonchev–Trinajstić information content (AvgIpc) is 2.86. The van der Waals surface area contributed by atoms with E-state index in [4.69, 9.17) is 4.74 Å². The highest BCUT2D eigenvalue weighted by Gasteiger charge is 2.33. The van der Waals surface area contributed by atoms with Crippen molar-refractivity contribution in [1.82, 2.24) is 0 Å². The number of alkyl halides is 2. The van der Waals surface area contributed by atoms with Gasteiger partial charge in [-0.05, 0) is 85.3 Å². The van der Waals surface area contributed by atoms with Crippen LogP contribution in [0.5, 0.6) is 0 Å². The van der Waals surface area contributed by atoms with E-state index in [9.17, 15) is 8.78 Å². The maximum atomic E-state index is 14.7. The van der Waals surface area contributed by atoms with Gasteiger partial charge in [-0.3, -0.25) is 0 Å². The molecule has 2 aromatic carbocycles. The predicted octanol–water partition coefficient (Wildman–Crippen LogP) is 9.36. The Balaban J connectivity index is 1.24. The minimum absolute atomic E-state index is 0.0104. The molecule has 34 heavy (non-hydrogen) atoms. The highest BCUT2D eigenvalue weighted by Crippen LogP contribution is 2.39. The number of hydrogen-bond acceptors (Lipinski definition) is 1. The molecule has 0 radical (unpaired) electrons. The fraction of sp³-hybridized carbons (Fsp3) is 0.613. The van der Waals surface area contributed by atoms with E-state index < -0.39 is 6.11 Å². The van der Waals surface area contributed by atoms with Crippen LogP contribution in [0, 0.1) is 11.8 Å². The molecule has 0 amide bonds. The first-order valence-electron chi connectivity index (χ1n) is 13.7. The molecule has 4 rings (SSSR count). The summed E-state index contributed by atoms with van der Waals surface area (Å²) in [5.74, 6) is 2.86. The second-order valence-corrected chi connectivity index (χ2v) is 10.9. The molecule has 2 aliphatic carbocycles. The summed E-state index contributed by atoms with van der Waals surface area (Å²) in [6.07, 6.45) is 9.82. The van der Waals surface area contributed by atoms with Crippen molar-refractivity contribution in [2.24, 2.45) is 11.8 Å². The lowest BCUT2D eigenvalue weighted by atomic mass is 9.77. The molecule has 0 spiro atoms. The fourth-order valence-corrected chi connectivity index (χ4v) is 6.07. The van der Waals surface area contributed by atoms with Gasteiger partial charge in [0.1, 0.15) is 0 Å². The van der Waals surface area contributed by atoms with Crippen LogP contribution >= 0.6 is 0 Å². The average molecular weight is 469 g/mol. The molecule has 186 valence electrons. The Morgan fingerprint density at radius 3 is 1.85 bits per heavy atom. The third-order valence-corrected chi connectivity index (χ3v) is 8.40. The molecule has 0 saturated heterocycles. The van der Waals surface area contributed by atoms with Crippen molar-refractivity contribution in [2.75, 3.05) is 6.61 Å². The van der Waals surface area contributed by atoms with Crippen LogP contribution in [0.3, 0.4) is 0 Å². The zero-order valence-electron chi connectivity index (χ0n) is 21.1. The van der Waals surface area contributed by atoms with Crippen molar-refractivity contribution in [3.8, 4) is 0 Å². The summed E-state index contributed by atoms with van der Waals surface area (Å²) >= 11 is 0. The smallest absolute Gasteiger partial charge is 0.316 e. The van der Waals surface area contributed by atoms with E-state index in [1.165, 1.54) is 75.3 Å². The quantitative estimate of drug-likeness (QED) is 0.356. The first kappa shape index (κ1) is 25.4. The first-order chi connectivity index (χ1) is 16.4. The van der Waals surface area contributed by atoms with Gasteiger partial charge in [-0.2, -0.15) is 8.78 Å². The highest BCUT2D eigenvalue weighted by molar-refractivity contribution is 5.28. The molecule has 0 atom stereocenters. The minimum Gasteiger partial charge on any atom is -0.316 e. The van der Waals surface area contributed by atoms with Gasteiger partial charge in [-0.1, -0.05) is 88.1 Å². The Labute approximate surface area is 205 Å². The molecule has 0 aliphatic heterocycles. The standard InChI is InChI=1S/C31H42F2O/c1-3-4-24-7-13-28(14-8-24)29-17-19-30(20-18-29)31(32,33)34-22-21-25-9-15-27(16-10-25)26-11-5-23(2)6-12-26/h9-10,15-20,23-24,26,28H,3-8,11-14,21-22H2,1-2H3. The lowest BCUT2D eigenvalue weighted by Crippen LogP contribution is -2.20. The van der Waals surface area contributed by atoms with Crippen molar-refractivity contribution in [2.45, 2.75) is 102 Å². The minimum atomic E-state index is -3.25. The van der Waals surface area contributed by atoms with Crippen molar-refractivity contribution in [1.29, 1.82) is 0 Å². The normalized spacial score (nSPS) is 25.9. The van der Waals surface area contributed by atoms with Crippen molar-refractivity contribution < 1.29 is 13.5 Å². The maximum absolute atomic E-state index is 14.7. The van der Waals surface area contributed by atoms with E-state index in [1.54, 1.807) is 12.1 Å². The van der Waals surface area contributed by atoms with E-state index in [2.05, 4.69) is 38.1 Å². The Bertz CT molecular complexity index is 857. The molecule has 0 heterocycles. The van der Waals surface area contributed by atoms with Gasteiger partial charge in [0.05, 0.1) is 12.2 Å². The van der Waals surface area contributed by atoms with E-state index >= 15 is 0 Å². The van der Waals surface area contributed by atoms with E-state index in [0.717, 1.165) is 17.4 Å². The van der Waals surface area contributed by atoms with Crippen molar-refractivity contribution in [3.63, 3.8) is 0 Å². The largest absolute Gasteiger partial charge is 0.383 e. The van der Waals surface area contributed by atoms with Gasteiger partial charge in [0, 0.05) is 0 Å². The van der Waals surface area contributed by atoms with Gasteiger partial charge in [0.2, 0.25) is 0 Å². The third-order valence-electron chi connectivity index (χ3n) is 8.40. The molecule has 0 bridgehead atoms. The van der Waals surface area contributed by atoms with Crippen LogP contribution in [-0.2, 0) is 17.3 Å². The third kappa shape index (κ3) is 6.68. The molecular formula is C31H42F2O. The highest BCUT2D eigenvalue weighted by atomic mass is 19.3. The fourth-order valence-electron chi connectivity index (χ4n) is 6.07. The lowest BCUT2D eigenvalue weighted by molar-refractivity contribution is -0.248. The molecular weight excluding hydrogens is 426 g/mol. The van der Waals surface area contributed by atoms with Gasteiger partial charge < -0.3 is 4.74 Å². The number of benzene rings is 2. The number of halogens is 2. The number of ether oxygens (including phenoxy) is 1. The summed E-state index contributed by atoms with van der Waals surface area (Å²) in [6.45, 7) is 4.60. The molecule has 2 saturated carbocycles. The van der Waals surface area contributed by atoms with Crippen LogP contribution in [0.2, 0.25) is 0 Å². The predicted molar refractivity (Wildman–Crippen MR) is 136 cm³/mol. The Morgan fingerprint density at radius 1 is 0.765 bits per heavy atom. The Hall–Kier alpha value is -1.74. The maximum Gasteiger partial charge on any atom is 0.383 e. The summed E-state index contributed by atoms with van der Waals surface area (Å²) in [6, 6.07) is 15.4. The summed E-state index contributed by atoms with van der Waals surface area (Å²) in [5.41, 5.74) is 3.60.